The molecule has 0 aromatic rings. The van der Waals surface area contributed by atoms with Crippen molar-refractivity contribution in [3.8, 4) is 0 Å². The number of ether oxygens (including phenoxy) is 1. The van der Waals surface area contributed by atoms with E-state index in [-0.39, 0.29) is 0 Å². The van der Waals surface area contributed by atoms with Crippen LogP contribution in [0.15, 0.2) is 0 Å². The molecular formula is C12H29NO3Si. The average Bonchev–Trinajstić information content (AvgIpc) is 2.33. The van der Waals surface area contributed by atoms with Crippen molar-refractivity contribution in [3.05, 3.63) is 0 Å². The third-order valence-electron chi connectivity index (χ3n) is 3.02. The summed E-state index contributed by atoms with van der Waals surface area (Å²) < 4.78 is 16.7. The van der Waals surface area contributed by atoms with E-state index >= 15 is 0 Å². The van der Waals surface area contributed by atoms with Gasteiger partial charge in [-0.05, 0) is 45.6 Å². The highest BCUT2D eigenvalue weighted by molar-refractivity contribution is 6.67. The Balaban J connectivity index is 3.49. The van der Waals surface area contributed by atoms with Crippen LogP contribution in [0, 0.1) is 0 Å². The van der Waals surface area contributed by atoms with Crippen LogP contribution in [0.2, 0.25) is 12.1 Å². The third-order valence-corrected chi connectivity index (χ3v) is 6.70. The van der Waals surface area contributed by atoms with Crippen molar-refractivity contribution in [3.63, 3.8) is 0 Å². The summed E-state index contributed by atoms with van der Waals surface area (Å²) in [7, 11) is 5.79. The van der Waals surface area contributed by atoms with Gasteiger partial charge in [0.15, 0.2) is 0 Å². The van der Waals surface area contributed by atoms with Gasteiger partial charge < -0.3 is 18.5 Å². The maximum atomic E-state index is 5.60. The molecule has 0 rings (SSSR count). The molecule has 0 spiro atoms. The zero-order chi connectivity index (χ0) is 13.1. The van der Waals surface area contributed by atoms with Crippen LogP contribution in [-0.4, -0.2) is 61.5 Å². The second-order valence-electron chi connectivity index (χ2n) is 4.55. The van der Waals surface area contributed by atoms with Gasteiger partial charge in [0, 0.05) is 27.4 Å². The molecule has 0 fully saturated rings. The van der Waals surface area contributed by atoms with Gasteiger partial charge in [-0.1, -0.05) is 6.92 Å². The van der Waals surface area contributed by atoms with E-state index in [1.807, 2.05) is 0 Å². The Bertz CT molecular complexity index is 167. The van der Waals surface area contributed by atoms with Crippen molar-refractivity contribution in [1.29, 1.82) is 0 Å². The topological polar surface area (TPSA) is 30.9 Å². The van der Waals surface area contributed by atoms with E-state index in [9.17, 15) is 0 Å². The lowest BCUT2D eigenvalue weighted by atomic mass is 10.4. The molecule has 0 aromatic heterocycles. The zero-order valence-corrected chi connectivity index (χ0v) is 13.1. The van der Waals surface area contributed by atoms with Crippen LogP contribution in [0.25, 0.3) is 0 Å². The molecule has 0 saturated heterocycles. The number of hydrogen-bond donors (Lipinski definition) is 0. The Morgan fingerprint density at radius 1 is 1.00 bits per heavy atom. The SMILES string of the molecule is CC[Si](CCCOCCCN(C)C)(OC)OC. The average molecular weight is 263 g/mol. The number of rotatable bonds is 11. The molecule has 5 heteroatoms. The standard InChI is InChI=1S/C12H29NO3Si/c1-6-17(14-4,15-5)12-8-11-16-10-7-9-13(2)3/h6-12H2,1-5H3. The van der Waals surface area contributed by atoms with Gasteiger partial charge in [0.05, 0.1) is 0 Å². The van der Waals surface area contributed by atoms with Gasteiger partial charge in [-0.25, -0.2) is 0 Å². The van der Waals surface area contributed by atoms with E-state index in [4.69, 9.17) is 13.6 Å². The monoisotopic (exact) mass is 263 g/mol. The molecule has 0 atom stereocenters. The summed E-state index contributed by atoms with van der Waals surface area (Å²) in [4.78, 5) is 2.17. The van der Waals surface area contributed by atoms with Gasteiger partial charge in [-0.3, -0.25) is 0 Å². The highest BCUT2D eigenvalue weighted by atomic mass is 28.4. The van der Waals surface area contributed by atoms with E-state index in [2.05, 4.69) is 25.9 Å². The van der Waals surface area contributed by atoms with Crippen LogP contribution in [0.1, 0.15) is 19.8 Å². The number of nitrogens with zero attached hydrogens (tertiary/aromatic N) is 1. The first-order valence-electron chi connectivity index (χ1n) is 6.43. The predicted molar refractivity (Wildman–Crippen MR) is 73.7 cm³/mol. The lowest BCUT2D eigenvalue weighted by Crippen LogP contribution is -2.39. The molecule has 4 nitrogen and oxygen atoms in total. The van der Waals surface area contributed by atoms with Crippen molar-refractivity contribution in [2.24, 2.45) is 0 Å². The fourth-order valence-electron chi connectivity index (χ4n) is 1.78. The van der Waals surface area contributed by atoms with E-state index < -0.39 is 8.56 Å². The largest absolute Gasteiger partial charge is 0.398 e. The van der Waals surface area contributed by atoms with Gasteiger partial charge in [-0.15, -0.1) is 0 Å². The molecule has 17 heavy (non-hydrogen) atoms. The van der Waals surface area contributed by atoms with Crippen molar-refractivity contribution < 1.29 is 13.6 Å². The summed E-state index contributed by atoms with van der Waals surface area (Å²) >= 11 is 0. The molecule has 0 aliphatic carbocycles. The zero-order valence-electron chi connectivity index (χ0n) is 12.1. The third kappa shape index (κ3) is 7.89. The first-order chi connectivity index (χ1) is 8.10. The molecule has 0 heterocycles. The highest BCUT2D eigenvalue weighted by Gasteiger charge is 2.32. The normalized spacial score (nSPS) is 12.4. The van der Waals surface area contributed by atoms with Crippen LogP contribution in [0.4, 0.5) is 0 Å². The van der Waals surface area contributed by atoms with E-state index in [1.165, 1.54) is 0 Å². The lowest BCUT2D eigenvalue weighted by molar-refractivity contribution is 0.123. The van der Waals surface area contributed by atoms with Gasteiger partial charge in [0.25, 0.3) is 0 Å². The van der Waals surface area contributed by atoms with Gasteiger partial charge in [0.2, 0.25) is 0 Å². The quantitative estimate of drug-likeness (QED) is 0.422. The minimum atomic E-state index is -1.89. The number of hydrogen-bond acceptors (Lipinski definition) is 4. The Hall–Kier alpha value is 0.0569. The molecule has 0 unspecified atom stereocenters. The second kappa shape index (κ2) is 10.0. The van der Waals surface area contributed by atoms with Crippen molar-refractivity contribution in [2.75, 3.05) is 48.1 Å². The first kappa shape index (κ1) is 17.1. The summed E-state index contributed by atoms with van der Waals surface area (Å²) in [5.41, 5.74) is 0. The molecule has 0 aromatic carbocycles. The van der Waals surface area contributed by atoms with Crippen LogP contribution in [0.5, 0.6) is 0 Å². The second-order valence-corrected chi connectivity index (χ2v) is 8.39. The fourth-order valence-corrected chi connectivity index (χ4v) is 3.97. The Morgan fingerprint density at radius 2 is 1.59 bits per heavy atom. The van der Waals surface area contributed by atoms with Crippen LogP contribution < -0.4 is 0 Å². The first-order valence-corrected chi connectivity index (χ1v) is 8.66. The summed E-state index contributed by atoms with van der Waals surface area (Å²) in [5, 5.41) is 0. The molecular weight excluding hydrogens is 234 g/mol. The lowest BCUT2D eigenvalue weighted by Gasteiger charge is -2.25. The Morgan fingerprint density at radius 3 is 2.06 bits per heavy atom. The molecule has 0 amide bonds. The molecule has 0 saturated carbocycles. The summed E-state index contributed by atoms with van der Waals surface area (Å²) in [5.74, 6) is 0. The maximum Gasteiger partial charge on any atom is 0.337 e. The minimum absolute atomic E-state index is 0.814. The predicted octanol–water partition coefficient (Wildman–Crippen LogP) is 2.10. The fraction of sp³-hybridized carbons (Fsp3) is 1.00. The Labute approximate surface area is 107 Å². The molecule has 0 bridgehead atoms. The van der Waals surface area contributed by atoms with Crippen molar-refractivity contribution >= 4 is 8.56 Å². The molecule has 104 valence electrons. The van der Waals surface area contributed by atoms with E-state index in [0.29, 0.717) is 0 Å². The van der Waals surface area contributed by atoms with Crippen LogP contribution >= 0.6 is 0 Å². The van der Waals surface area contributed by atoms with E-state index in [1.54, 1.807) is 14.2 Å². The van der Waals surface area contributed by atoms with Gasteiger partial charge in [-0.2, -0.15) is 0 Å². The van der Waals surface area contributed by atoms with Gasteiger partial charge >= 0.3 is 8.56 Å². The smallest absolute Gasteiger partial charge is 0.337 e. The molecule has 0 aliphatic heterocycles. The highest BCUT2D eigenvalue weighted by Crippen LogP contribution is 2.18. The van der Waals surface area contributed by atoms with E-state index in [0.717, 1.165) is 44.7 Å². The van der Waals surface area contributed by atoms with Crippen molar-refractivity contribution in [2.45, 2.75) is 31.9 Å². The molecule has 0 aliphatic rings. The summed E-state index contributed by atoms with van der Waals surface area (Å²) in [6, 6.07) is 2.02. The molecule has 0 radical (unpaired) electrons. The van der Waals surface area contributed by atoms with Crippen LogP contribution in [-0.2, 0) is 13.6 Å². The summed E-state index contributed by atoms with van der Waals surface area (Å²) in [6.45, 7) is 4.88. The molecule has 0 N–H and O–H groups in total. The summed E-state index contributed by atoms with van der Waals surface area (Å²) in [6.07, 6.45) is 2.13. The van der Waals surface area contributed by atoms with Gasteiger partial charge in [0.1, 0.15) is 0 Å². The Kier molecular flexibility index (Phi) is 10.1. The van der Waals surface area contributed by atoms with Crippen LogP contribution in [0.3, 0.4) is 0 Å². The minimum Gasteiger partial charge on any atom is -0.398 e. The maximum absolute atomic E-state index is 5.60. The van der Waals surface area contributed by atoms with Crippen molar-refractivity contribution in [1.82, 2.24) is 4.90 Å².